The molecule has 2 aliphatic heterocycles. The van der Waals surface area contributed by atoms with Gasteiger partial charge in [0.2, 0.25) is 5.88 Å². The lowest BCUT2D eigenvalue weighted by molar-refractivity contribution is -0.142. The highest BCUT2D eigenvalue weighted by atomic mass is 32.2. The normalized spacial score (nSPS) is 19.2. The van der Waals surface area contributed by atoms with E-state index in [1.165, 1.54) is 24.1 Å². The molecule has 0 aliphatic carbocycles. The van der Waals surface area contributed by atoms with Gasteiger partial charge in [0.05, 0.1) is 26.9 Å². The zero-order valence-electron chi connectivity index (χ0n) is 16.8. The third-order valence-electron chi connectivity index (χ3n) is 4.94. The third kappa shape index (κ3) is 3.64. The van der Waals surface area contributed by atoms with Crippen molar-refractivity contribution in [1.82, 2.24) is 10.4 Å². The van der Waals surface area contributed by atoms with Crippen LogP contribution in [0.5, 0.6) is 0 Å². The number of fused-ring (bicyclic) bond motifs is 1. The first kappa shape index (κ1) is 22.1. The number of rotatable bonds is 5. The molecule has 0 atom stereocenters. The van der Waals surface area contributed by atoms with Crippen LogP contribution in [0, 0.1) is 6.92 Å². The number of esters is 1. The van der Waals surface area contributed by atoms with Gasteiger partial charge in [0.15, 0.2) is 31.3 Å². The van der Waals surface area contributed by atoms with Gasteiger partial charge in [-0.1, -0.05) is 13.0 Å². The molecule has 3 rings (SSSR count). The highest BCUT2D eigenvalue weighted by molar-refractivity contribution is 7.98. The molecule has 0 saturated carbocycles. The number of carbonyl (C=O) groups is 1. The summed E-state index contributed by atoms with van der Waals surface area (Å²) in [6.45, 7) is 5.39. The summed E-state index contributed by atoms with van der Waals surface area (Å²) in [5.74, 6) is 0.300. The molecule has 0 saturated heterocycles. The van der Waals surface area contributed by atoms with Crippen molar-refractivity contribution in [3.63, 3.8) is 0 Å². The van der Waals surface area contributed by atoms with Crippen molar-refractivity contribution in [2.75, 3.05) is 18.1 Å². The predicted molar refractivity (Wildman–Crippen MR) is 108 cm³/mol. The number of allylic oxidation sites excluding steroid dienone is 1. The molecule has 0 spiro atoms. The lowest BCUT2D eigenvalue weighted by Crippen LogP contribution is -2.32. The van der Waals surface area contributed by atoms with Crippen LogP contribution in [0.15, 0.2) is 33.5 Å². The van der Waals surface area contributed by atoms with E-state index >= 15 is 0 Å². The minimum Gasteiger partial charge on any atom is -0.407 e. The number of benzene rings is 1. The van der Waals surface area contributed by atoms with Gasteiger partial charge in [-0.15, -0.1) is 0 Å². The fourth-order valence-corrected chi connectivity index (χ4v) is 8.10. The van der Waals surface area contributed by atoms with Crippen LogP contribution in [0.2, 0.25) is 0 Å². The molecule has 2 heterocycles. The zero-order chi connectivity index (χ0) is 22.3. The van der Waals surface area contributed by atoms with Crippen LogP contribution in [0.1, 0.15) is 37.8 Å². The van der Waals surface area contributed by atoms with Crippen LogP contribution in [0.25, 0.3) is 5.57 Å². The van der Waals surface area contributed by atoms with E-state index in [0.717, 1.165) is 0 Å². The van der Waals surface area contributed by atoms with Crippen molar-refractivity contribution in [2.24, 2.45) is 0 Å². The first-order chi connectivity index (χ1) is 14.1. The van der Waals surface area contributed by atoms with Crippen LogP contribution in [0.3, 0.4) is 0 Å². The van der Waals surface area contributed by atoms with E-state index in [9.17, 15) is 26.4 Å². The molecule has 30 heavy (non-hydrogen) atoms. The van der Waals surface area contributed by atoms with Crippen LogP contribution in [-0.2, 0) is 34.0 Å². The lowest BCUT2D eigenvalue weighted by Gasteiger charge is -2.21. The Morgan fingerprint density at radius 3 is 2.43 bits per heavy atom. The van der Waals surface area contributed by atoms with Gasteiger partial charge in [-0.25, -0.2) is 21.6 Å². The maximum atomic E-state index is 12.7. The van der Waals surface area contributed by atoms with E-state index < -0.39 is 37.1 Å². The van der Waals surface area contributed by atoms with Gasteiger partial charge in [-0.05, 0) is 37.5 Å². The van der Waals surface area contributed by atoms with Gasteiger partial charge in [0.25, 0.3) is 0 Å². The Balaban J connectivity index is 2.31. The van der Waals surface area contributed by atoms with Gasteiger partial charge in [0.1, 0.15) is 0 Å². The van der Waals surface area contributed by atoms with Crippen LogP contribution in [0.4, 0.5) is 0 Å². The van der Waals surface area contributed by atoms with Crippen molar-refractivity contribution in [1.29, 1.82) is 0 Å². The Morgan fingerprint density at radius 2 is 1.83 bits per heavy atom. The average Bonchev–Trinajstić information content (AvgIpc) is 3.02. The van der Waals surface area contributed by atoms with Crippen LogP contribution >= 0.6 is 0 Å². The van der Waals surface area contributed by atoms with Crippen LogP contribution < -0.4 is 5.43 Å². The van der Waals surface area contributed by atoms with Gasteiger partial charge >= 0.3 is 5.97 Å². The fraction of sp³-hybridized carbons (Fsp3) is 0.421. The monoisotopic (exact) mass is 454 g/mol. The minimum absolute atomic E-state index is 0.0322. The summed E-state index contributed by atoms with van der Waals surface area (Å²) < 4.78 is 55.7. The number of nitrogens with zero attached hydrogens (tertiary/aromatic N) is 1. The summed E-state index contributed by atoms with van der Waals surface area (Å²) in [6, 6.07) is 2.65. The SMILES string of the molecule is CCCC(=O)OC1=C(c2ccc3c(c2C)S(=O)(=O)CCS3(=O)=O)C(=C=O)NN1CC. The highest BCUT2D eigenvalue weighted by Gasteiger charge is 2.38. The topological polar surface area (TPSA) is 127 Å². The largest absolute Gasteiger partial charge is 0.407 e. The summed E-state index contributed by atoms with van der Waals surface area (Å²) in [4.78, 5) is 23.2. The number of sulfone groups is 2. The fourth-order valence-electron chi connectivity index (χ4n) is 3.50. The minimum atomic E-state index is -3.84. The first-order valence-corrected chi connectivity index (χ1v) is 12.7. The molecule has 0 aromatic heterocycles. The van der Waals surface area contributed by atoms with Crippen LogP contribution in [-0.4, -0.2) is 51.8 Å². The lowest BCUT2D eigenvalue weighted by atomic mass is 9.99. The molecule has 1 N–H and O–H groups in total. The average molecular weight is 455 g/mol. The standard InChI is InChI=1S/C19H22N2O7S2/c1-4-6-16(23)28-19-17(14(11-22)20-21(19)5-2)13-7-8-15-18(12(13)3)30(26,27)10-9-29(15,24)25/h7-8,20H,4-6,9-10H2,1-3H3. The van der Waals surface area contributed by atoms with E-state index in [-0.39, 0.29) is 44.5 Å². The Bertz CT molecular complexity index is 1210. The van der Waals surface area contributed by atoms with E-state index in [2.05, 4.69) is 5.43 Å². The maximum Gasteiger partial charge on any atom is 0.312 e. The Labute approximate surface area is 175 Å². The van der Waals surface area contributed by atoms with Crippen molar-refractivity contribution in [3.8, 4) is 0 Å². The second kappa shape index (κ2) is 7.90. The van der Waals surface area contributed by atoms with E-state index in [0.29, 0.717) is 13.0 Å². The summed E-state index contributed by atoms with van der Waals surface area (Å²) >= 11 is 0. The number of hydrogen-bond acceptors (Lipinski definition) is 9. The number of ether oxygens (including phenoxy) is 1. The quantitative estimate of drug-likeness (QED) is 0.514. The molecule has 1 aromatic rings. The Morgan fingerprint density at radius 1 is 1.17 bits per heavy atom. The molecule has 0 fully saturated rings. The predicted octanol–water partition coefficient (Wildman–Crippen LogP) is 1.12. The Kier molecular flexibility index (Phi) is 5.81. The van der Waals surface area contributed by atoms with Crippen molar-refractivity contribution < 1.29 is 31.2 Å². The van der Waals surface area contributed by atoms with Gasteiger partial charge in [-0.3, -0.25) is 15.2 Å². The maximum absolute atomic E-state index is 12.7. The molecule has 0 unspecified atom stereocenters. The number of nitrogens with one attached hydrogen (secondary N) is 1. The number of hydrazine groups is 1. The summed E-state index contributed by atoms with van der Waals surface area (Å²) in [5.41, 5.74) is 3.36. The summed E-state index contributed by atoms with van der Waals surface area (Å²) in [7, 11) is -7.58. The molecule has 1 aromatic carbocycles. The molecule has 0 radical (unpaired) electrons. The van der Waals surface area contributed by atoms with Gasteiger partial charge in [-0.2, -0.15) is 0 Å². The van der Waals surface area contributed by atoms with E-state index in [1.807, 2.05) is 6.92 Å². The van der Waals surface area contributed by atoms with Crippen molar-refractivity contribution in [3.05, 3.63) is 34.8 Å². The molecule has 9 nitrogen and oxygen atoms in total. The molecule has 162 valence electrons. The van der Waals surface area contributed by atoms with E-state index in [1.54, 1.807) is 12.9 Å². The molecular weight excluding hydrogens is 432 g/mol. The molecular formula is C19H22N2O7S2. The molecule has 0 amide bonds. The third-order valence-corrected chi connectivity index (χ3v) is 8.97. The molecule has 11 heteroatoms. The van der Waals surface area contributed by atoms with Gasteiger partial charge < -0.3 is 4.74 Å². The Hall–Kier alpha value is -2.62. The van der Waals surface area contributed by atoms with Crippen molar-refractivity contribution >= 4 is 37.2 Å². The second-order valence-corrected chi connectivity index (χ2v) is 11.1. The smallest absolute Gasteiger partial charge is 0.312 e. The molecule has 2 aliphatic rings. The van der Waals surface area contributed by atoms with Gasteiger partial charge in [0, 0.05) is 13.0 Å². The second-order valence-electron chi connectivity index (χ2n) is 6.94. The molecule has 0 bridgehead atoms. The van der Waals surface area contributed by atoms with Crippen molar-refractivity contribution in [2.45, 2.75) is 43.4 Å². The zero-order valence-corrected chi connectivity index (χ0v) is 18.4. The highest BCUT2D eigenvalue weighted by Crippen LogP contribution is 2.39. The number of hydrogen-bond donors (Lipinski definition) is 1. The van der Waals surface area contributed by atoms with E-state index in [4.69, 9.17) is 4.74 Å². The number of carbonyl (C=O) groups excluding carboxylic acids is 2. The first-order valence-electron chi connectivity index (χ1n) is 9.41. The summed E-state index contributed by atoms with van der Waals surface area (Å²) in [6.07, 6.45) is 0.718. The summed E-state index contributed by atoms with van der Waals surface area (Å²) in [5, 5.41) is 1.44.